The SMILES string of the molecule is CCCCSCCC(N)(C(=O)OC)c1ccccc1. The van der Waals surface area contributed by atoms with E-state index >= 15 is 0 Å². The summed E-state index contributed by atoms with van der Waals surface area (Å²) < 4.78 is 4.87. The molecule has 0 saturated carbocycles. The van der Waals surface area contributed by atoms with Crippen molar-refractivity contribution in [1.29, 1.82) is 0 Å². The van der Waals surface area contributed by atoms with E-state index in [9.17, 15) is 4.79 Å². The lowest BCUT2D eigenvalue weighted by molar-refractivity contribution is -0.147. The fraction of sp³-hybridized carbons (Fsp3) is 0.533. The Labute approximate surface area is 119 Å². The van der Waals surface area contributed by atoms with Gasteiger partial charge in [0.2, 0.25) is 0 Å². The number of esters is 1. The molecule has 0 heterocycles. The normalized spacial score (nSPS) is 13.8. The summed E-state index contributed by atoms with van der Waals surface area (Å²) in [6, 6.07) is 9.46. The molecule has 0 spiro atoms. The molecule has 3 nitrogen and oxygen atoms in total. The van der Waals surface area contributed by atoms with Crippen LogP contribution in [0.3, 0.4) is 0 Å². The third kappa shape index (κ3) is 4.55. The molecule has 0 saturated heterocycles. The van der Waals surface area contributed by atoms with E-state index in [1.165, 1.54) is 20.0 Å². The lowest BCUT2D eigenvalue weighted by atomic mass is 9.88. The van der Waals surface area contributed by atoms with E-state index in [0.29, 0.717) is 6.42 Å². The first-order valence-electron chi connectivity index (χ1n) is 6.65. The van der Waals surface area contributed by atoms with Gasteiger partial charge in [-0.15, -0.1) is 0 Å². The number of thioether (sulfide) groups is 1. The summed E-state index contributed by atoms with van der Waals surface area (Å²) in [5.74, 6) is 1.61. The Morgan fingerprint density at radius 2 is 2.00 bits per heavy atom. The summed E-state index contributed by atoms with van der Waals surface area (Å²) in [5.41, 5.74) is 6.09. The zero-order valence-electron chi connectivity index (χ0n) is 11.7. The number of hydrogen-bond donors (Lipinski definition) is 1. The minimum Gasteiger partial charge on any atom is -0.467 e. The Morgan fingerprint density at radius 3 is 2.58 bits per heavy atom. The zero-order valence-corrected chi connectivity index (χ0v) is 12.5. The Hall–Kier alpha value is -1.00. The number of methoxy groups -OCH3 is 1. The highest BCUT2D eigenvalue weighted by Crippen LogP contribution is 2.25. The van der Waals surface area contributed by atoms with E-state index in [0.717, 1.165) is 17.1 Å². The summed E-state index contributed by atoms with van der Waals surface area (Å²) in [4.78, 5) is 12.0. The molecule has 0 radical (unpaired) electrons. The summed E-state index contributed by atoms with van der Waals surface area (Å²) in [7, 11) is 1.39. The number of carbonyl (C=O) groups is 1. The fourth-order valence-electron chi connectivity index (χ4n) is 1.86. The first-order valence-corrected chi connectivity index (χ1v) is 7.81. The molecule has 4 heteroatoms. The van der Waals surface area contributed by atoms with Crippen LogP contribution in [-0.4, -0.2) is 24.6 Å². The van der Waals surface area contributed by atoms with Gasteiger partial charge in [-0.25, -0.2) is 4.79 Å². The van der Waals surface area contributed by atoms with Crippen molar-refractivity contribution in [3.8, 4) is 0 Å². The van der Waals surface area contributed by atoms with E-state index in [4.69, 9.17) is 10.5 Å². The minimum atomic E-state index is -1.03. The third-order valence-corrected chi connectivity index (χ3v) is 4.19. The summed E-state index contributed by atoms with van der Waals surface area (Å²) >= 11 is 1.84. The predicted octanol–water partition coefficient (Wildman–Crippen LogP) is 2.94. The molecule has 1 unspecified atom stereocenters. The molecule has 1 rings (SSSR count). The van der Waals surface area contributed by atoms with E-state index in [1.54, 1.807) is 0 Å². The lowest BCUT2D eigenvalue weighted by Gasteiger charge is -2.26. The molecule has 0 bridgehead atoms. The summed E-state index contributed by atoms with van der Waals surface area (Å²) in [6.45, 7) is 2.17. The molecule has 1 aromatic rings. The van der Waals surface area contributed by atoms with Crippen molar-refractivity contribution in [2.24, 2.45) is 5.73 Å². The van der Waals surface area contributed by atoms with Gasteiger partial charge >= 0.3 is 5.97 Å². The highest BCUT2D eigenvalue weighted by molar-refractivity contribution is 7.99. The highest BCUT2D eigenvalue weighted by atomic mass is 32.2. The average Bonchev–Trinajstić information content (AvgIpc) is 2.46. The average molecular weight is 281 g/mol. The van der Waals surface area contributed by atoms with Crippen LogP contribution in [-0.2, 0) is 15.1 Å². The lowest BCUT2D eigenvalue weighted by Crippen LogP contribution is -2.46. The number of rotatable bonds is 8. The van der Waals surface area contributed by atoms with E-state index in [-0.39, 0.29) is 5.97 Å². The first-order chi connectivity index (χ1) is 9.15. The molecular formula is C15H23NO2S. The Morgan fingerprint density at radius 1 is 1.32 bits per heavy atom. The number of ether oxygens (including phenoxy) is 1. The van der Waals surface area contributed by atoms with Crippen LogP contribution in [0, 0.1) is 0 Å². The Balaban J connectivity index is 2.69. The fourth-order valence-corrected chi connectivity index (χ4v) is 3.03. The highest BCUT2D eigenvalue weighted by Gasteiger charge is 2.36. The van der Waals surface area contributed by atoms with Crippen molar-refractivity contribution < 1.29 is 9.53 Å². The van der Waals surface area contributed by atoms with Crippen LogP contribution < -0.4 is 5.73 Å². The van der Waals surface area contributed by atoms with Crippen LogP contribution in [0.4, 0.5) is 0 Å². The molecule has 106 valence electrons. The second-order valence-corrected chi connectivity index (χ2v) is 5.77. The van der Waals surface area contributed by atoms with Gasteiger partial charge < -0.3 is 10.5 Å². The molecule has 0 aliphatic rings. The quantitative estimate of drug-likeness (QED) is 0.588. The summed E-state index contributed by atoms with van der Waals surface area (Å²) in [6.07, 6.45) is 2.99. The monoisotopic (exact) mass is 281 g/mol. The molecule has 2 N–H and O–H groups in total. The van der Waals surface area contributed by atoms with Crippen molar-refractivity contribution in [3.05, 3.63) is 35.9 Å². The van der Waals surface area contributed by atoms with Gasteiger partial charge in [-0.1, -0.05) is 43.7 Å². The second kappa shape index (κ2) is 8.23. The van der Waals surface area contributed by atoms with Crippen molar-refractivity contribution in [2.75, 3.05) is 18.6 Å². The molecule has 0 aliphatic carbocycles. The number of nitrogens with two attached hydrogens (primary N) is 1. The molecule has 1 atom stereocenters. The van der Waals surface area contributed by atoms with Crippen molar-refractivity contribution in [1.82, 2.24) is 0 Å². The van der Waals surface area contributed by atoms with Gasteiger partial charge in [0.05, 0.1) is 7.11 Å². The topological polar surface area (TPSA) is 52.3 Å². The van der Waals surface area contributed by atoms with Gasteiger partial charge in [0, 0.05) is 0 Å². The van der Waals surface area contributed by atoms with E-state index < -0.39 is 5.54 Å². The van der Waals surface area contributed by atoms with Gasteiger partial charge in [0.1, 0.15) is 5.54 Å². The van der Waals surface area contributed by atoms with Crippen LogP contribution in [0.1, 0.15) is 31.7 Å². The molecule has 19 heavy (non-hydrogen) atoms. The number of hydrogen-bond acceptors (Lipinski definition) is 4. The van der Waals surface area contributed by atoms with E-state index in [2.05, 4.69) is 6.92 Å². The second-order valence-electron chi connectivity index (χ2n) is 4.54. The van der Waals surface area contributed by atoms with Gasteiger partial charge in [-0.2, -0.15) is 11.8 Å². The number of benzene rings is 1. The minimum absolute atomic E-state index is 0.366. The first kappa shape index (κ1) is 16.1. The maximum atomic E-state index is 12.0. The molecule has 0 fully saturated rings. The predicted molar refractivity (Wildman–Crippen MR) is 81.2 cm³/mol. The Kier molecular flexibility index (Phi) is 6.95. The van der Waals surface area contributed by atoms with Crippen LogP contribution in [0.25, 0.3) is 0 Å². The van der Waals surface area contributed by atoms with Crippen molar-refractivity contribution in [3.63, 3.8) is 0 Å². The van der Waals surface area contributed by atoms with Crippen molar-refractivity contribution in [2.45, 2.75) is 31.7 Å². The van der Waals surface area contributed by atoms with Crippen LogP contribution in [0.15, 0.2) is 30.3 Å². The van der Waals surface area contributed by atoms with Gasteiger partial charge in [-0.05, 0) is 29.9 Å². The smallest absolute Gasteiger partial charge is 0.330 e. The molecule has 0 aromatic heterocycles. The van der Waals surface area contributed by atoms with Crippen LogP contribution in [0.2, 0.25) is 0 Å². The van der Waals surface area contributed by atoms with Gasteiger partial charge in [0.15, 0.2) is 0 Å². The van der Waals surface area contributed by atoms with Gasteiger partial charge in [0.25, 0.3) is 0 Å². The number of carbonyl (C=O) groups excluding carboxylic acids is 1. The Bertz CT molecular complexity index is 383. The molecule has 0 amide bonds. The standard InChI is InChI=1S/C15H23NO2S/c1-3-4-11-19-12-10-15(16,14(17)18-2)13-8-6-5-7-9-13/h5-9H,3-4,10-12,16H2,1-2H3. The maximum absolute atomic E-state index is 12.0. The van der Waals surface area contributed by atoms with Crippen LogP contribution >= 0.6 is 11.8 Å². The maximum Gasteiger partial charge on any atom is 0.330 e. The number of unbranched alkanes of at least 4 members (excludes halogenated alkanes) is 1. The van der Waals surface area contributed by atoms with E-state index in [1.807, 2.05) is 42.1 Å². The van der Waals surface area contributed by atoms with Crippen LogP contribution in [0.5, 0.6) is 0 Å². The zero-order chi connectivity index (χ0) is 14.1. The molecule has 0 aliphatic heterocycles. The molecule has 1 aromatic carbocycles. The molecular weight excluding hydrogens is 258 g/mol. The summed E-state index contributed by atoms with van der Waals surface area (Å²) in [5, 5.41) is 0. The third-order valence-electron chi connectivity index (χ3n) is 3.12. The van der Waals surface area contributed by atoms with Crippen molar-refractivity contribution >= 4 is 17.7 Å². The largest absolute Gasteiger partial charge is 0.467 e. The van der Waals surface area contributed by atoms with Gasteiger partial charge in [-0.3, -0.25) is 0 Å².